The number of rotatable bonds is 25. The molecule has 0 aromatic heterocycles. The van der Waals surface area contributed by atoms with Gasteiger partial charge in [0.1, 0.15) is 6.61 Å². The molecule has 4 atom stereocenters. The van der Waals surface area contributed by atoms with E-state index < -0.39 is 346 Å². The van der Waals surface area contributed by atoms with Crippen LogP contribution in [0.15, 0.2) is 121 Å². The fraction of sp³-hybridized carbons (Fsp3) is 0.0658. The summed E-state index contributed by atoms with van der Waals surface area (Å²) >= 11 is 0. The molecule has 0 aliphatic carbocycles. The van der Waals surface area contributed by atoms with Crippen LogP contribution in [0.2, 0.25) is 0 Å². The van der Waals surface area contributed by atoms with Crippen LogP contribution in [0.25, 0.3) is 0 Å². The Hall–Kier alpha value is -18.4. The summed E-state index contributed by atoms with van der Waals surface area (Å²) in [5.74, 6) is -93.8. The monoisotopic (exact) mass is 1700 g/mol. The van der Waals surface area contributed by atoms with E-state index in [1.165, 1.54) is 0 Å². The first kappa shape index (κ1) is 86.0. The molecule has 632 valence electrons. The maximum Gasteiger partial charge on any atom is 0.340 e. The van der Waals surface area contributed by atoms with Crippen LogP contribution in [0.1, 0.15) is 104 Å². The topological polar surface area (TPSA) is 841 Å². The standard InChI is InChI=1S/C76H52O46/c77-32-1-22(2-33(78)53(32)98)52(97)67(112)74(64(109)24-5-36(81)55(100)37(82)6-24,120-70(115)29-15-46(91)60(105)47(92)16-29)76(66(111)26-9-40(85)57(102)41(86)10-26,122-72(117)31-19-50(95)62(107)51(96)20-31)75(65(110)25-7-38(83)56(101)39(84)8-25,121-71(116)30-17-48(93)61(106)49(94)18-30)73(63(108)23-3-34(79)54(99)35(80)4-23,119-69(114)28-13-44(89)59(104)45(90)14-28)21-118-68(113)27-11-42(87)58(103)43(88)12-27/h1-20,77-96,98-107H,21H2/t73-,74-,75+,76+/m0/s1. The first-order valence-electron chi connectivity index (χ1n) is 32.7. The first-order valence-corrected chi connectivity index (χ1v) is 32.7. The Kier molecular flexibility index (Phi) is 21.9. The molecular formula is C76H52O46. The minimum absolute atomic E-state index is 0.0186. The van der Waals surface area contributed by atoms with Crippen molar-refractivity contribution < 1.29 is 230 Å². The molecule has 0 fully saturated rings. The van der Waals surface area contributed by atoms with Gasteiger partial charge < -0.3 is 177 Å². The molecule has 46 nitrogen and oxygen atoms in total. The molecule has 0 aliphatic heterocycles. The second kappa shape index (κ2) is 31.1. The van der Waals surface area contributed by atoms with Crippen molar-refractivity contribution in [1.82, 2.24) is 0 Å². The molecule has 46 heteroatoms. The Morgan fingerprint density at radius 3 is 0.631 bits per heavy atom. The Morgan fingerprint density at radius 1 is 0.197 bits per heavy atom. The molecule has 10 aromatic carbocycles. The number of hydrogen-bond donors (Lipinski definition) is 30. The molecule has 0 radical (unpaired) electrons. The molecule has 0 saturated carbocycles. The highest BCUT2D eigenvalue weighted by atomic mass is 16.7. The van der Waals surface area contributed by atoms with E-state index in [-0.39, 0.29) is 97.1 Å². The summed E-state index contributed by atoms with van der Waals surface area (Å²) in [7, 11) is 0. The van der Waals surface area contributed by atoms with Crippen LogP contribution in [0.5, 0.6) is 172 Å². The zero-order chi connectivity index (χ0) is 90.8. The number of aromatic hydroxyl groups is 30. The van der Waals surface area contributed by atoms with Crippen LogP contribution in [-0.4, -0.2) is 247 Å². The average molecular weight is 1700 g/mol. The average Bonchev–Trinajstić information content (AvgIpc) is 0.654. The van der Waals surface area contributed by atoms with Crippen molar-refractivity contribution in [3.63, 3.8) is 0 Å². The number of ether oxygens (including phenoxy) is 5. The summed E-state index contributed by atoms with van der Waals surface area (Å²) in [6.07, 6.45) is 0. The lowest BCUT2D eigenvalue weighted by atomic mass is 9.53. The minimum Gasteiger partial charge on any atom is -0.504 e. The number of Topliss-reactive ketones (excluding diaryl/α,β-unsaturated/α-hetero) is 6. The second-order valence-corrected chi connectivity index (χ2v) is 25.6. The molecule has 0 bridgehead atoms. The Labute approximate surface area is 670 Å². The van der Waals surface area contributed by atoms with Gasteiger partial charge in [0.2, 0.25) is 28.9 Å². The van der Waals surface area contributed by atoms with Crippen molar-refractivity contribution >= 4 is 64.5 Å². The van der Waals surface area contributed by atoms with Gasteiger partial charge in [-0.05, 0) is 121 Å². The van der Waals surface area contributed by atoms with Crippen molar-refractivity contribution in [3.05, 3.63) is 177 Å². The fourth-order valence-corrected chi connectivity index (χ4v) is 12.1. The van der Waals surface area contributed by atoms with Crippen molar-refractivity contribution in [2.24, 2.45) is 0 Å². The predicted molar refractivity (Wildman–Crippen MR) is 384 cm³/mol. The number of carbonyl (C=O) groups is 11. The highest BCUT2D eigenvalue weighted by Gasteiger charge is 2.91. The Bertz CT molecular complexity index is 6030. The number of phenols is 30. The SMILES string of the molecule is O=C(OC[C@](OC(=O)c1cc(O)c(O)c(O)c1)(C(=O)c1cc(O)c(O)c(O)c1)[C@](OC(=O)c1cc(O)c(O)c(O)c1)(C(=O)c1cc(O)c(O)c(O)c1)[C@@](OC(=O)c1cc(O)c(O)c(O)c1)(C(=O)c1cc(O)c(O)c(O)c1)[C@@](OC(=O)c1cc(O)c(O)c(O)c1)(C(=O)C(=O)c1cc(O)c(O)c(O)c1)C(=O)c1cc(O)c(O)c(O)c1)c1cc(O)c(O)c(O)c1. The Balaban J connectivity index is 1.74. The van der Waals surface area contributed by atoms with Gasteiger partial charge in [0.25, 0.3) is 28.2 Å². The number of benzene rings is 10. The van der Waals surface area contributed by atoms with Gasteiger partial charge in [-0.15, -0.1) is 0 Å². The van der Waals surface area contributed by atoms with Gasteiger partial charge in [-0.3, -0.25) is 28.8 Å². The lowest BCUT2D eigenvalue weighted by molar-refractivity contribution is -0.230. The van der Waals surface area contributed by atoms with E-state index >= 15 is 52.7 Å². The van der Waals surface area contributed by atoms with Gasteiger partial charge in [0.05, 0.1) is 27.8 Å². The van der Waals surface area contributed by atoms with Gasteiger partial charge in [0.15, 0.2) is 172 Å². The third-order valence-corrected chi connectivity index (χ3v) is 18.0. The van der Waals surface area contributed by atoms with Crippen LogP contribution < -0.4 is 0 Å². The third kappa shape index (κ3) is 14.2. The molecule has 30 N–H and O–H groups in total. The van der Waals surface area contributed by atoms with E-state index in [2.05, 4.69) is 0 Å². The van der Waals surface area contributed by atoms with Gasteiger partial charge in [-0.1, -0.05) is 0 Å². The molecule has 0 unspecified atom stereocenters. The van der Waals surface area contributed by atoms with Crippen LogP contribution in [0.3, 0.4) is 0 Å². The molecule has 0 heterocycles. The summed E-state index contributed by atoms with van der Waals surface area (Å²) in [5.41, 5.74) is -47.8. The summed E-state index contributed by atoms with van der Waals surface area (Å²) in [5, 5.41) is 336. The number of esters is 5. The van der Waals surface area contributed by atoms with E-state index in [9.17, 15) is 153 Å². The van der Waals surface area contributed by atoms with Crippen LogP contribution in [-0.2, 0) is 28.5 Å². The number of ketones is 6. The highest BCUT2D eigenvalue weighted by molar-refractivity contribution is 6.53. The zero-order valence-corrected chi connectivity index (χ0v) is 59.7. The number of phenolic OH excluding ortho intramolecular Hbond substituents is 30. The van der Waals surface area contributed by atoms with Gasteiger partial charge in [0, 0.05) is 27.8 Å². The van der Waals surface area contributed by atoms with Crippen LogP contribution in [0, 0.1) is 0 Å². The zero-order valence-electron chi connectivity index (χ0n) is 59.7. The molecule has 122 heavy (non-hydrogen) atoms. The smallest absolute Gasteiger partial charge is 0.340 e. The summed E-state index contributed by atoms with van der Waals surface area (Å²) in [4.78, 5) is 190. The molecule has 10 rings (SSSR count). The molecule has 10 aromatic rings. The highest BCUT2D eigenvalue weighted by Crippen LogP contribution is 2.60. The summed E-state index contributed by atoms with van der Waals surface area (Å²) in [6, 6.07) is -5.27. The van der Waals surface area contributed by atoms with Crippen LogP contribution >= 0.6 is 0 Å². The lowest BCUT2D eigenvalue weighted by Gasteiger charge is -2.57. The molecular weight excluding hydrogens is 1650 g/mol. The van der Waals surface area contributed by atoms with E-state index in [0.29, 0.717) is 0 Å². The quantitative estimate of drug-likeness (QED) is 0.00973. The minimum atomic E-state index is -7.02. The molecule has 0 amide bonds. The van der Waals surface area contributed by atoms with Gasteiger partial charge in [-0.25, -0.2) is 24.0 Å². The van der Waals surface area contributed by atoms with Crippen molar-refractivity contribution in [2.45, 2.75) is 22.4 Å². The van der Waals surface area contributed by atoms with Crippen molar-refractivity contribution in [3.8, 4) is 172 Å². The molecule has 0 spiro atoms. The second-order valence-electron chi connectivity index (χ2n) is 25.6. The van der Waals surface area contributed by atoms with E-state index in [1.54, 1.807) is 0 Å². The van der Waals surface area contributed by atoms with E-state index in [1.807, 2.05) is 0 Å². The maximum atomic E-state index is 18.7. The number of hydrogen-bond acceptors (Lipinski definition) is 46. The summed E-state index contributed by atoms with van der Waals surface area (Å²) in [6.45, 7) is -3.45. The fourth-order valence-electron chi connectivity index (χ4n) is 12.1. The van der Waals surface area contributed by atoms with Crippen molar-refractivity contribution in [1.29, 1.82) is 0 Å². The maximum absolute atomic E-state index is 18.7. The van der Waals surface area contributed by atoms with E-state index in [4.69, 9.17) is 23.7 Å². The molecule has 0 aliphatic rings. The van der Waals surface area contributed by atoms with E-state index in [0.717, 1.165) is 0 Å². The largest absolute Gasteiger partial charge is 0.504 e. The molecule has 0 saturated heterocycles. The lowest BCUT2D eigenvalue weighted by Crippen LogP contribution is -2.89. The first-order chi connectivity index (χ1) is 56.8. The normalized spacial score (nSPS) is 13.1. The van der Waals surface area contributed by atoms with Crippen molar-refractivity contribution in [2.75, 3.05) is 6.61 Å². The Morgan fingerprint density at radius 2 is 0.377 bits per heavy atom. The number of carbonyl (C=O) groups excluding carboxylic acids is 11. The summed E-state index contributed by atoms with van der Waals surface area (Å²) < 4.78 is 29.7. The van der Waals surface area contributed by atoms with Gasteiger partial charge in [-0.2, -0.15) is 0 Å². The third-order valence-electron chi connectivity index (χ3n) is 18.0. The predicted octanol–water partition coefficient (Wildman–Crippen LogP) is 3.38. The van der Waals surface area contributed by atoms with Gasteiger partial charge >= 0.3 is 29.8 Å². The van der Waals surface area contributed by atoms with Crippen LogP contribution in [0.4, 0.5) is 0 Å².